The summed E-state index contributed by atoms with van der Waals surface area (Å²) in [6.07, 6.45) is 0. The van der Waals surface area contributed by atoms with Gasteiger partial charge in [0.25, 0.3) is 0 Å². The Morgan fingerprint density at radius 2 is 1.48 bits per heavy atom. The van der Waals surface area contributed by atoms with Crippen molar-refractivity contribution in [3.05, 3.63) is 71.8 Å². The molecule has 0 aromatic heterocycles. The van der Waals surface area contributed by atoms with Crippen LogP contribution in [0.4, 0.5) is 0 Å². The number of halogens is 1. The molecule has 2 aromatic rings. The van der Waals surface area contributed by atoms with Crippen LogP contribution >= 0.6 is 24.0 Å². The topological polar surface area (TPSA) is 53.5 Å². The lowest BCUT2D eigenvalue weighted by Gasteiger charge is -2.19. The van der Waals surface area contributed by atoms with Crippen molar-refractivity contribution in [2.45, 2.75) is 38.4 Å². The maximum absolute atomic E-state index is 12.3. The Balaban J connectivity index is 0.00000420. The summed E-state index contributed by atoms with van der Waals surface area (Å²) in [5, 5.41) is 6.62. The number of aliphatic imine (C=N–C) groups is 1. The minimum atomic E-state index is -0.875. The second-order valence-corrected chi connectivity index (χ2v) is 10.0. The Hall–Kier alpha value is -1.41. The summed E-state index contributed by atoms with van der Waals surface area (Å²) < 4.78 is 12.1. The third kappa shape index (κ3) is 8.86. The van der Waals surface area contributed by atoms with E-state index in [0.717, 1.165) is 12.5 Å². The Kier molecular flexibility index (Phi) is 11.5. The molecule has 0 aliphatic rings. The van der Waals surface area contributed by atoms with Gasteiger partial charge in [0.05, 0.1) is 6.54 Å². The van der Waals surface area contributed by atoms with Crippen molar-refractivity contribution >= 4 is 40.7 Å². The molecule has 0 amide bonds. The molecule has 2 N–H and O–H groups in total. The minimum absolute atomic E-state index is 0. The van der Waals surface area contributed by atoms with Crippen LogP contribution in [0.25, 0.3) is 0 Å². The van der Waals surface area contributed by atoms with Crippen molar-refractivity contribution in [3.63, 3.8) is 0 Å². The standard InChI is InChI=1S/C23H33N3OS.HI/c1-5-24-22(25-16-17-28(27)23(2,3)4)26-18-21(19-12-8-6-9-13-19)20-14-10-7-11-15-20;/h6-15,21H,5,16-18H2,1-4H3,(H2,24,25,26);1H. The van der Waals surface area contributed by atoms with Crippen LogP contribution in [0.3, 0.4) is 0 Å². The zero-order valence-electron chi connectivity index (χ0n) is 17.9. The maximum Gasteiger partial charge on any atom is 0.191 e. The molecule has 1 atom stereocenters. The van der Waals surface area contributed by atoms with E-state index in [0.29, 0.717) is 18.8 Å². The normalized spacial score (nSPS) is 12.9. The number of rotatable bonds is 8. The molecule has 6 heteroatoms. The maximum atomic E-state index is 12.3. The average molecular weight is 528 g/mol. The largest absolute Gasteiger partial charge is 0.357 e. The van der Waals surface area contributed by atoms with Crippen LogP contribution in [0.1, 0.15) is 44.7 Å². The molecule has 0 aliphatic heterocycles. The van der Waals surface area contributed by atoms with Crippen LogP contribution in [0.5, 0.6) is 0 Å². The summed E-state index contributed by atoms with van der Waals surface area (Å²) in [6, 6.07) is 21.0. The molecule has 1 unspecified atom stereocenters. The molecule has 0 heterocycles. The quantitative estimate of drug-likeness (QED) is 0.301. The third-order valence-corrected chi connectivity index (χ3v) is 6.38. The SMILES string of the molecule is CCNC(=NCC(c1ccccc1)c1ccccc1)NCCS(=O)C(C)(C)C.I. The van der Waals surface area contributed by atoms with E-state index in [1.165, 1.54) is 11.1 Å². The highest BCUT2D eigenvalue weighted by atomic mass is 127. The molecule has 0 radical (unpaired) electrons. The second-order valence-electron chi connectivity index (χ2n) is 7.68. The Morgan fingerprint density at radius 1 is 0.966 bits per heavy atom. The highest BCUT2D eigenvalue weighted by Crippen LogP contribution is 2.24. The van der Waals surface area contributed by atoms with Crippen molar-refractivity contribution in [2.24, 2.45) is 4.99 Å². The zero-order chi connectivity index (χ0) is 20.4. The fourth-order valence-electron chi connectivity index (χ4n) is 2.87. The van der Waals surface area contributed by atoms with E-state index < -0.39 is 10.8 Å². The van der Waals surface area contributed by atoms with E-state index in [1.54, 1.807) is 0 Å². The molecule has 2 rings (SSSR count). The molecule has 29 heavy (non-hydrogen) atoms. The highest BCUT2D eigenvalue weighted by Gasteiger charge is 2.19. The third-order valence-electron chi connectivity index (χ3n) is 4.44. The van der Waals surface area contributed by atoms with Gasteiger partial charge in [0.15, 0.2) is 5.96 Å². The number of benzene rings is 2. The van der Waals surface area contributed by atoms with Crippen LogP contribution in [0.15, 0.2) is 65.7 Å². The first-order valence-corrected chi connectivity index (χ1v) is 11.2. The van der Waals surface area contributed by atoms with Crippen LogP contribution in [0.2, 0.25) is 0 Å². The van der Waals surface area contributed by atoms with Crippen LogP contribution < -0.4 is 10.6 Å². The molecule has 0 saturated carbocycles. The van der Waals surface area contributed by atoms with Gasteiger partial charge < -0.3 is 10.6 Å². The van der Waals surface area contributed by atoms with Crippen molar-refractivity contribution in [1.82, 2.24) is 10.6 Å². The van der Waals surface area contributed by atoms with Gasteiger partial charge in [0.1, 0.15) is 0 Å². The number of nitrogens with zero attached hydrogens (tertiary/aromatic N) is 1. The molecule has 0 saturated heterocycles. The van der Waals surface area contributed by atoms with Gasteiger partial charge in [0.2, 0.25) is 0 Å². The first-order chi connectivity index (χ1) is 13.4. The van der Waals surface area contributed by atoms with Gasteiger partial charge in [-0.15, -0.1) is 24.0 Å². The van der Waals surface area contributed by atoms with Crippen LogP contribution in [-0.2, 0) is 10.8 Å². The van der Waals surface area contributed by atoms with Crippen molar-refractivity contribution in [3.8, 4) is 0 Å². The monoisotopic (exact) mass is 527 g/mol. The van der Waals surface area contributed by atoms with E-state index in [1.807, 2.05) is 32.9 Å². The Morgan fingerprint density at radius 3 is 1.93 bits per heavy atom. The molecule has 0 aliphatic carbocycles. The highest BCUT2D eigenvalue weighted by molar-refractivity contribution is 14.0. The lowest BCUT2D eigenvalue weighted by Crippen LogP contribution is -2.40. The number of hydrogen-bond acceptors (Lipinski definition) is 2. The summed E-state index contributed by atoms with van der Waals surface area (Å²) in [5.41, 5.74) is 2.50. The molecular weight excluding hydrogens is 493 g/mol. The zero-order valence-corrected chi connectivity index (χ0v) is 21.0. The van der Waals surface area contributed by atoms with Crippen molar-refractivity contribution in [2.75, 3.05) is 25.4 Å². The molecule has 2 aromatic carbocycles. The van der Waals surface area contributed by atoms with Crippen molar-refractivity contribution < 1.29 is 4.21 Å². The van der Waals surface area contributed by atoms with E-state index in [4.69, 9.17) is 4.99 Å². The van der Waals surface area contributed by atoms with Crippen LogP contribution in [-0.4, -0.2) is 40.3 Å². The fourth-order valence-corrected chi connectivity index (χ4v) is 3.77. The van der Waals surface area contributed by atoms with Gasteiger partial charge in [-0.1, -0.05) is 60.7 Å². The predicted octanol–water partition coefficient (Wildman–Crippen LogP) is 4.54. The summed E-state index contributed by atoms with van der Waals surface area (Å²) in [7, 11) is -0.875. The van der Waals surface area contributed by atoms with Gasteiger partial charge in [-0.05, 0) is 38.8 Å². The van der Waals surface area contributed by atoms with Crippen LogP contribution in [0, 0.1) is 0 Å². The van der Waals surface area contributed by atoms with Gasteiger partial charge in [-0.25, -0.2) is 0 Å². The number of guanidine groups is 1. The smallest absolute Gasteiger partial charge is 0.191 e. The lowest BCUT2D eigenvalue weighted by molar-refractivity contribution is 0.647. The summed E-state index contributed by atoms with van der Waals surface area (Å²) in [5.74, 6) is 1.57. The summed E-state index contributed by atoms with van der Waals surface area (Å²) >= 11 is 0. The number of nitrogens with one attached hydrogen (secondary N) is 2. The molecule has 0 spiro atoms. The van der Waals surface area contributed by atoms with E-state index in [9.17, 15) is 4.21 Å². The van der Waals surface area contributed by atoms with Gasteiger partial charge >= 0.3 is 0 Å². The molecule has 0 bridgehead atoms. The predicted molar refractivity (Wildman–Crippen MR) is 137 cm³/mol. The Labute approximate surface area is 195 Å². The molecule has 0 fully saturated rings. The fraction of sp³-hybridized carbons (Fsp3) is 0.435. The Bertz CT molecular complexity index is 721. The summed E-state index contributed by atoms with van der Waals surface area (Å²) in [4.78, 5) is 4.82. The molecular formula is C23H34IN3OS. The van der Waals surface area contributed by atoms with E-state index in [2.05, 4.69) is 66.1 Å². The van der Waals surface area contributed by atoms with Gasteiger partial charge in [-0.3, -0.25) is 9.20 Å². The summed E-state index contributed by atoms with van der Waals surface area (Å²) in [6.45, 7) is 10.1. The first kappa shape index (κ1) is 25.6. The van der Waals surface area contributed by atoms with E-state index in [-0.39, 0.29) is 34.6 Å². The minimum Gasteiger partial charge on any atom is -0.357 e. The first-order valence-electron chi connectivity index (χ1n) is 9.92. The second kappa shape index (κ2) is 13.0. The lowest BCUT2D eigenvalue weighted by atomic mass is 9.91. The van der Waals surface area contributed by atoms with Crippen molar-refractivity contribution in [1.29, 1.82) is 0 Å². The molecule has 160 valence electrons. The van der Waals surface area contributed by atoms with Gasteiger partial charge in [-0.2, -0.15) is 0 Å². The average Bonchev–Trinajstić information content (AvgIpc) is 2.69. The van der Waals surface area contributed by atoms with E-state index >= 15 is 0 Å². The molecule has 4 nitrogen and oxygen atoms in total. The number of hydrogen-bond donors (Lipinski definition) is 2. The van der Waals surface area contributed by atoms with Gasteiger partial charge in [0, 0.05) is 40.3 Å².